The first-order chi connectivity index (χ1) is 9.48. The maximum Gasteiger partial charge on any atom is 0.246 e. The quantitative estimate of drug-likeness (QED) is 0.905. The van der Waals surface area contributed by atoms with Crippen molar-refractivity contribution < 1.29 is 12.8 Å². The van der Waals surface area contributed by atoms with Crippen molar-refractivity contribution in [1.29, 1.82) is 0 Å². The van der Waals surface area contributed by atoms with Gasteiger partial charge in [0.25, 0.3) is 0 Å². The number of rotatable bonds is 5. The van der Waals surface area contributed by atoms with Crippen molar-refractivity contribution in [2.45, 2.75) is 51.0 Å². The maximum absolute atomic E-state index is 12.6. The lowest BCUT2D eigenvalue weighted by atomic mass is 9.94. The number of nitrogens with zero attached hydrogens (tertiary/aromatic N) is 1. The van der Waals surface area contributed by atoms with E-state index in [1.54, 1.807) is 17.3 Å². The molecule has 1 aliphatic rings. The molecule has 1 aromatic heterocycles. The zero-order valence-electron chi connectivity index (χ0n) is 12.3. The van der Waals surface area contributed by atoms with Crippen LogP contribution in [0.25, 0.3) is 0 Å². The van der Waals surface area contributed by atoms with Crippen molar-refractivity contribution in [2.24, 2.45) is 11.7 Å². The highest BCUT2D eigenvalue weighted by atomic mass is 32.2. The minimum atomic E-state index is -3.44. The topological polar surface area (TPSA) is 76.5 Å². The van der Waals surface area contributed by atoms with E-state index in [1.807, 2.05) is 0 Å². The van der Waals surface area contributed by atoms with Gasteiger partial charge in [-0.2, -0.15) is 4.31 Å². The van der Waals surface area contributed by atoms with E-state index in [9.17, 15) is 8.42 Å². The summed E-state index contributed by atoms with van der Waals surface area (Å²) in [6.45, 7) is 5.28. The van der Waals surface area contributed by atoms with Gasteiger partial charge < -0.3 is 10.2 Å². The molecule has 1 aliphatic heterocycles. The second-order valence-electron chi connectivity index (χ2n) is 5.47. The van der Waals surface area contributed by atoms with Crippen molar-refractivity contribution in [2.75, 3.05) is 13.1 Å². The Morgan fingerprint density at radius 1 is 1.40 bits per heavy atom. The lowest BCUT2D eigenvalue weighted by molar-refractivity contribution is 0.262. The molecule has 0 spiro atoms. The average molecular weight is 300 g/mol. The summed E-state index contributed by atoms with van der Waals surface area (Å²) in [4.78, 5) is 0.270. The second kappa shape index (κ2) is 6.28. The van der Waals surface area contributed by atoms with Crippen molar-refractivity contribution in [3.63, 3.8) is 0 Å². The smallest absolute Gasteiger partial charge is 0.246 e. The van der Waals surface area contributed by atoms with Gasteiger partial charge in [-0.3, -0.25) is 0 Å². The highest BCUT2D eigenvalue weighted by Crippen LogP contribution is 2.29. The average Bonchev–Trinajstić information content (AvgIpc) is 2.82. The molecule has 2 N–H and O–H groups in total. The van der Waals surface area contributed by atoms with Crippen molar-refractivity contribution in [3.8, 4) is 0 Å². The molecule has 2 rings (SSSR count). The van der Waals surface area contributed by atoms with E-state index in [4.69, 9.17) is 10.2 Å². The number of aryl methyl sites for hydroxylation is 1. The first-order valence-corrected chi connectivity index (χ1v) is 8.72. The minimum Gasteiger partial charge on any atom is -0.464 e. The summed E-state index contributed by atoms with van der Waals surface area (Å²) in [5.74, 6) is 1.61. The van der Waals surface area contributed by atoms with Gasteiger partial charge in [-0.15, -0.1) is 0 Å². The Kier molecular flexibility index (Phi) is 4.88. The number of sulfonamides is 1. The summed E-state index contributed by atoms with van der Waals surface area (Å²) >= 11 is 0. The van der Waals surface area contributed by atoms with Crippen LogP contribution in [0, 0.1) is 12.8 Å². The summed E-state index contributed by atoms with van der Waals surface area (Å²) in [6, 6.07) is 1.56. The van der Waals surface area contributed by atoms with E-state index in [0.29, 0.717) is 30.5 Å². The lowest BCUT2D eigenvalue weighted by Crippen LogP contribution is -2.38. The fraction of sp³-hybridized carbons (Fsp3) is 0.714. The molecule has 0 unspecified atom stereocenters. The third-order valence-electron chi connectivity index (χ3n) is 4.01. The Morgan fingerprint density at radius 3 is 2.55 bits per heavy atom. The number of hydrogen-bond donors (Lipinski definition) is 1. The van der Waals surface area contributed by atoms with Crippen LogP contribution >= 0.6 is 0 Å². The zero-order valence-corrected chi connectivity index (χ0v) is 13.1. The van der Waals surface area contributed by atoms with E-state index in [1.165, 1.54) is 6.42 Å². The van der Waals surface area contributed by atoms with E-state index < -0.39 is 10.0 Å². The van der Waals surface area contributed by atoms with E-state index in [-0.39, 0.29) is 11.4 Å². The summed E-state index contributed by atoms with van der Waals surface area (Å²) in [7, 11) is -3.44. The lowest BCUT2D eigenvalue weighted by Gasteiger charge is -2.30. The number of hydrogen-bond acceptors (Lipinski definition) is 4. The van der Waals surface area contributed by atoms with Crippen LogP contribution in [0.2, 0.25) is 0 Å². The highest BCUT2D eigenvalue weighted by molar-refractivity contribution is 7.89. The molecule has 0 aromatic carbocycles. The molecule has 0 bridgehead atoms. The molecule has 1 aromatic rings. The molecule has 20 heavy (non-hydrogen) atoms. The molecule has 114 valence electrons. The Hall–Kier alpha value is -0.850. The maximum atomic E-state index is 12.6. The molecule has 2 heterocycles. The predicted molar refractivity (Wildman–Crippen MR) is 77.7 cm³/mol. The summed E-state index contributed by atoms with van der Waals surface area (Å²) in [5, 5.41) is 0. The number of nitrogens with two attached hydrogens (primary N) is 1. The molecule has 1 fully saturated rings. The predicted octanol–water partition coefficient (Wildman–Crippen LogP) is 2.25. The Bertz CT molecular complexity index is 543. The zero-order chi connectivity index (χ0) is 14.8. The number of piperidine rings is 1. The highest BCUT2D eigenvalue weighted by Gasteiger charge is 2.31. The molecule has 6 heteroatoms. The molecular formula is C14H24N2O3S. The van der Waals surface area contributed by atoms with Crippen LogP contribution in [-0.4, -0.2) is 25.8 Å². The molecule has 5 nitrogen and oxygen atoms in total. The molecular weight excluding hydrogens is 276 g/mol. The van der Waals surface area contributed by atoms with Gasteiger partial charge in [-0.05, 0) is 25.7 Å². The van der Waals surface area contributed by atoms with Crippen LogP contribution in [-0.2, 0) is 16.6 Å². The van der Waals surface area contributed by atoms with Gasteiger partial charge in [0.15, 0.2) is 0 Å². The molecule has 0 radical (unpaired) electrons. The van der Waals surface area contributed by atoms with Gasteiger partial charge in [-0.1, -0.05) is 19.8 Å². The third-order valence-corrected chi connectivity index (χ3v) is 6.02. The monoisotopic (exact) mass is 300 g/mol. The van der Waals surface area contributed by atoms with Crippen LogP contribution in [0.3, 0.4) is 0 Å². The minimum absolute atomic E-state index is 0.217. The third kappa shape index (κ3) is 3.07. The van der Waals surface area contributed by atoms with Crippen LogP contribution in [0.1, 0.15) is 44.1 Å². The Labute approximate surface area is 121 Å². The van der Waals surface area contributed by atoms with Crippen LogP contribution < -0.4 is 5.73 Å². The molecule has 0 atom stereocenters. The molecule has 0 aliphatic carbocycles. The standard InChI is InChI=1S/C14H24N2O3S/c1-3-4-12-5-7-16(8-6-12)20(17,18)14-9-13(10-15)19-11(14)2/h9,12H,3-8,10,15H2,1-2H3. The largest absolute Gasteiger partial charge is 0.464 e. The Morgan fingerprint density at radius 2 is 2.05 bits per heavy atom. The normalized spacial score (nSPS) is 18.6. The van der Waals surface area contributed by atoms with Gasteiger partial charge in [-0.25, -0.2) is 8.42 Å². The van der Waals surface area contributed by atoms with Gasteiger partial charge in [0.2, 0.25) is 10.0 Å². The molecule has 0 saturated carbocycles. The van der Waals surface area contributed by atoms with E-state index >= 15 is 0 Å². The first-order valence-electron chi connectivity index (χ1n) is 7.28. The van der Waals surface area contributed by atoms with E-state index in [2.05, 4.69) is 6.92 Å². The van der Waals surface area contributed by atoms with Gasteiger partial charge in [0.05, 0.1) is 6.54 Å². The van der Waals surface area contributed by atoms with Gasteiger partial charge in [0, 0.05) is 19.2 Å². The summed E-state index contributed by atoms with van der Waals surface area (Å²) < 4.78 is 32.2. The fourth-order valence-corrected chi connectivity index (χ4v) is 4.52. The molecule has 1 saturated heterocycles. The first kappa shape index (κ1) is 15.5. The Balaban J connectivity index is 2.13. The van der Waals surface area contributed by atoms with Crippen LogP contribution in [0.15, 0.2) is 15.4 Å². The van der Waals surface area contributed by atoms with Crippen molar-refractivity contribution in [3.05, 3.63) is 17.6 Å². The summed E-state index contributed by atoms with van der Waals surface area (Å²) in [5.41, 5.74) is 5.50. The van der Waals surface area contributed by atoms with Crippen LogP contribution in [0.5, 0.6) is 0 Å². The SMILES string of the molecule is CCCC1CCN(S(=O)(=O)c2cc(CN)oc2C)CC1. The molecule has 0 amide bonds. The van der Waals surface area contributed by atoms with Gasteiger partial charge in [0.1, 0.15) is 16.4 Å². The van der Waals surface area contributed by atoms with Crippen molar-refractivity contribution >= 4 is 10.0 Å². The van der Waals surface area contributed by atoms with Crippen molar-refractivity contribution in [1.82, 2.24) is 4.31 Å². The van der Waals surface area contributed by atoms with Crippen LogP contribution in [0.4, 0.5) is 0 Å². The summed E-state index contributed by atoms with van der Waals surface area (Å²) in [6.07, 6.45) is 4.26. The van der Waals surface area contributed by atoms with E-state index in [0.717, 1.165) is 19.3 Å². The van der Waals surface area contributed by atoms with Gasteiger partial charge >= 0.3 is 0 Å². The second-order valence-corrected chi connectivity index (χ2v) is 7.38. The fourth-order valence-electron chi connectivity index (χ4n) is 2.87. The number of furan rings is 1.